The van der Waals surface area contributed by atoms with Crippen molar-refractivity contribution in [1.29, 1.82) is 0 Å². The molecule has 0 bridgehead atoms. The number of furan rings is 1. The van der Waals surface area contributed by atoms with E-state index in [1.54, 1.807) is 11.3 Å². The molecular weight excluding hydrogens is 258 g/mol. The highest BCUT2D eigenvalue weighted by atomic mass is 32.1. The number of thiophene rings is 1. The van der Waals surface area contributed by atoms with Gasteiger partial charge in [0.25, 0.3) is 0 Å². The van der Waals surface area contributed by atoms with Crippen LogP contribution in [0, 0.1) is 18.8 Å². The van der Waals surface area contributed by atoms with Gasteiger partial charge in [-0.05, 0) is 32.2 Å². The van der Waals surface area contributed by atoms with Crippen LogP contribution in [-0.4, -0.2) is 23.7 Å². The number of aryl methyl sites for hydroxylation is 1. The average molecular weight is 275 g/mol. The second-order valence-corrected chi connectivity index (χ2v) is 5.44. The van der Waals surface area contributed by atoms with Gasteiger partial charge in [0, 0.05) is 22.4 Å². The average Bonchev–Trinajstić information content (AvgIpc) is 2.96. The lowest BCUT2D eigenvalue weighted by molar-refractivity contribution is 0.287. The quantitative estimate of drug-likeness (QED) is 0.871. The fourth-order valence-corrected chi connectivity index (χ4v) is 2.72. The first-order valence-corrected chi connectivity index (χ1v) is 6.96. The zero-order valence-corrected chi connectivity index (χ0v) is 12.0. The van der Waals surface area contributed by atoms with Gasteiger partial charge in [-0.1, -0.05) is 11.8 Å². The Bertz CT molecular complexity index is 589. The number of hydrogen-bond acceptors (Lipinski definition) is 4. The van der Waals surface area contributed by atoms with E-state index in [1.165, 1.54) is 4.88 Å². The molecule has 0 aliphatic heterocycles. The first-order chi connectivity index (χ1) is 9.17. The molecule has 100 valence electrons. The Morgan fingerprint density at radius 1 is 1.37 bits per heavy atom. The van der Waals surface area contributed by atoms with Crippen LogP contribution >= 0.6 is 11.3 Å². The van der Waals surface area contributed by atoms with E-state index in [0.717, 1.165) is 30.2 Å². The summed E-state index contributed by atoms with van der Waals surface area (Å²) in [6.45, 7) is 3.52. The SMILES string of the molecule is Cc1ccc(CN(C)Cc2cc(C#CCO)cs2)o1. The third-order valence-corrected chi connectivity index (χ3v) is 3.53. The summed E-state index contributed by atoms with van der Waals surface area (Å²) in [6.07, 6.45) is 0. The van der Waals surface area contributed by atoms with Gasteiger partial charge in [-0.3, -0.25) is 4.90 Å². The predicted octanol–water partition coefficient (Wildman–Crippen LogP) is 2.63. The predicted molar refractivity (Wildman–Crippen MR) is 76.9 cm³/mol. The molecule has 2 heterocycles. The lowest BCUT2D eigenvalue weighted by Crippen LogP contribution is -2.16. The van der Waals surface area contributed by atoms with Crippen molar-refractivity contribution in [1.82, 2.24) is 4.90 Å². The van der Waals surface area contributed by atoms with Gasteiger partial charge in [0.2, 0.25) is 0 Å². The first kappa shape index (κ1) is 13.9. The van der Waals surface area contributed by atoms with E-state index in [0.29, 0.717) is 0 Å². The minimum atomic E-state index is -0.0943. The summed E-state index contributed by atoms with van der Waals surface area (Å²) in [5.41, 5.74) is 0.969. The van der Waals surface area contributed by atoms with Crippen molar-refractivity contribution < 1.29 is 9.52 Å². The maximum absolute atomic E-state index is 8.66. The Morgan fingerprint density at radius 3 is 2.89 bits per heavy atom. The van der Waals surface area contributed by atoms with Crippen molar-refractivity contribution in [2.45, 2.75) is 20.0 Å². The Labute approximate surface area is 117 Å². The Balaban J connectivity index is 1.91. The van der Waals surface area contributed by atoms with Crippen molar-refractivity contribution in [2.75, 3.05) is 13.7 Å². The van der Waals surface area contributed by atoms with Crippen molar-refractivity contribution in [3.05, 3.63) is 45.5 Å². The lowest BCUT2D eigenvalue weighted by atomic mass is 10.3. The Kier molecular flexibility index (Phi) is 4.80. The van der Waals surface area contributed by atoms with Gasteiger partial charge in [-0.2, -0.15) is 0 Å². The Morgan fingerprint density at radius 2 is 2.21 bits per heavy atom. The summed E-state index contributed by atoms with van der Waals surface area (Å²) in [5.74, 6) is 7.50. The summed E-state index contributed by atoms with van der Waals surface area (Å²) in [7, 11) is 2.07. The van der Waals surface area contributed by atoms with Crippen LogP contribution in [-0.2, 0) is 13.1 Å². The van der Waals surface area contributed by atoms with Crippen molar-refractivity contribution in [3.63, 3.8) is 0 Å². The monoisotopic (exact) mass is 275 g/mol. The number of aliphatic hydroxyl groups excluding tert-OH is 1. The molecule has 0 saturated carbocycles. The van der Waals surface area contributed by atoms with Crippen LogP contribution in [0.4, 0.5) is 0 Å². The zero-order valence-electron chi connectivity index (χ0n) is 11.1. The van der Waals surface area contributed by atoms with Gasteiger partial charge in [-0.15, -0.1) is 11.3 Å². The first-order valence-electron chi connectivity index (χ1n) is 6.08. The number of aliphatic hydroxyl groups is 1. The summed E-state index contributed by atoms with van der Waals surface area (Å²) >= 11 is 1.69. The van der Waals surface area contributed by atoms with Gasteiger partial charge in [0.1, 0.15) is 18.1 Å². The molecule has 19 heavy (non-hydrogen) atoms. The molecular formula is C15H17NO2S. The minimum absolute atomic E-state index is 0.0943. The molecule has 2 rings (SSSR count). The molecule has 2 aromatic rings. The van der Waals surface area contributed by atoms with Gasteiger partial charge in [-0.25, -0.2) is 0 Å². The summed E-state index contributed by atoms with van der Waals surface area (Å²) in [4.78, 5) is 3.46. The number of hydrogen-bond donors (Lipinski definition) is 1. The third kappa shape index (κ3) is 4.25. The van der Waals surface area contributed by atoms with E-state index >= 15 is 0 Å². The van der Waals surface area contributed by atoms with Gasteiger partial charge < -0.3 is 9.52 Å². The maximum Gasteiger partial charge on any atom is 0.118 e. The van der Waals surface area contributed by atoms with E-state index < -0.39 is 0 Å². The van der Waals surface area contributed by atoms with Crippen LogP contribution in [0.25, 0.3) is 0 Å². The summed E-state index contributed by atoms with van der Waals surface area (Å²) in [5, 5.41) is 10.7. The molecule has 0 spiro atoms. The standard InChI is InChI=1S/C15H17NO2S/c1-12-5-6-14(18-12)9-16(2)10-15-8-13(11-19-15)4-3-7-17/h5-6,8,11,17H,7,9-10H2,1-2H3. The molecule has 3 nitrogen and oxygen atoms in total. The van der Waals surface area contributed by atoms with Gasteiger partial charge in [0.15, 0.2) is 0 Å². The normalized spacial score (nSPS) is 10.5. The largest absolute Gasteiger partial charge is 0.465 e. The van der Waals surface area contributed by atoms with Crippen LogP contribution in [0.1, 0.15) is 22.0 Å². The number of nitrogens with zero attached hydrogens (tertiary/aromatic N) is 1. The molecule has 0 amide bonds. The lowest BCUT2D eigenvalue weighted by Gasteiger charge is -2.13. The second kappa shape index (κ2) is 6.58. The van der Waals surface area contributed by atoms with E-state index in [-0.39, 0.29) is 6.61 Å². The van der Waals surface area contributed by atoms with Crippen LogP contribution in [0.2, 0.25) is 0 Å². The fourth-order valence-electron chi connectivity index (χ4n) is 1.83. The molecule has 0 fully saturated rings. The van der Waals surface area contributed by atoms with Crippen molar-refractivity contribution in [2.24, 2.45) is 0 Å². The molecule has 0 unspecified atom stereocenters. The van der Waals surface area contributed by atoms with Crippen LogP contribution in [0.15, 0.2) is 28.0 Å². The molecule has 0 aromatic carbocycles. The van der Waals surface area contributed by atoms with Crippen molar-refractivity contribution >= 4 is 11.3 Å². The highest BCUT2D eigenvalue weighted by Gasteiger charge is 2.06. The van der Waals surface area contributed by atoms with Crippen LogP contribution in [0.3, 0.4) is 0 Å². The topological polar surface area (TPSA) is 36.6 Å². The molecule has 0 aliphatic carbocycles. The fraction of sp³-hybridized carbons (Fsp3) is 0.333. The van der Waals surface area contributed by atoms with Gasteiger partial charge >= 0.3 is 0 Å². The second-order valence-electron chi connectivity index (χ2n) is 4.45. The molecule has 0 saturated heterocycles. The third-order valence-electron chi connectivity index (χ3n) is 2.61. The minimum Gasteiger partial charge on any atom is -0.465 e. The molecule has 0 atom stereocenters. The van der Waals surface area contributed by atoms with Crippen LogP contribution in [0.5, 0.6) is 0 Å². The smallest absolute Gasteiger partial charge is 0.118 e. The zero-order chi connectivity index (χ0) is 13.7. The van der Waals surface area contributed by atoms with E-state index in [9.17, 15) is 0 Å². The molecule has 4 heteroatoms. The number of rotatable bonds is 4. The van der Waals surface area contributed by atoms with Crippen LogP contribution < -0.4 is 0 Å². The maximum atomic E-state index is 8.66. The summed E-state index contributed by atoms with van der Waals surface area (Å²) in [6, 6.07) is 6.06. The highest BCUT2D eigenvalue weighted by Crippen LogP contribution is 2.17. The van der Waals surface area contributed by atoms with Gasteiger partial charge in [0.05, 0.1) is 6.54 Å². The molecule has 0 radical (unpaired) electrons. The molecule has 2 aromatic heterocycles. The Hall–Kier alpha value is -1.54. The molecule has 0 aliphatic rings. The van der Waals surface area contributed by atoms with Crippen molar-refractivity contribution in [3.8, 4) is 11.8 Å². The summed E-state index contributed by atoms with van der Waals surface area (Å²) < 4.78 is 5.56. The van der Waals surface area contributed by atoms with E-state index in [4.69, 9.17) is 9.52 Å². The highest BCUT2D eigenvalue weighted by molar-refractivity contribution is 7.10. The van der Waals surface area contributed by atoms with E-state index in [1.807, 2.05) is 24.4 Å². The molecule has 1 N–H and O–H groups in total. The van der Waals surface area contributed by atoms with E-state index in [2.05, 4.69) is 29.9 Å².